The molecule has 2 aliphatic rings. The van der Waals surface area contributed by atoms with Gasteiger partial charge < -0.3 is 15.4 Å². The lowest BCUT2D eigenvalue weighted by Gasteiger charge is -2.25. The van der Waals surface area contributed by atoms with Crippen LogP contribution in [0, 0.1) is 19.8 Å². The number of nitrogens with one attached hydrogen (secondary N) is 2. The summed E-state index contributed by atoms with van der Waals surface area (Å²) in [5.74, 6) is 0.939. The smallest absolute Gasteiger partial charge is 0.261 e. The summed E-state index contributed by atoms with van der Waals surface area (Å²) >= 11 is 0. The Hall–Kier alpha value is -2.83. The van der Waals surface area contributed by atoms with E-state index in [2.05, 4.69) is 35.6 Å². The molecule has 2 aliphatic heterocycles. The van der Waals surface area contributed by atoms with Crippen molar-refractivity contribution in [3.8, 4) is 5.75 Å². The van der Waals surface area contributed by atoms with Gasteiger partial charge in [0.1, 0.15) is 5.75 Å². The molecule has 0 radical (unpaired) electrons. The van der Waals surface area contributed by atoms with Crippen LogP contribution in [-0.4, -0.2) is 40.3 Å². The topological polar surface area (TPSA) is 85.2 Å². The first-order valence-electron chi connectivity index (χ1n) is 10.7. The zero-order valence-electron chi connectivity index (χ0n) is 18.1. The van der Waals surface area contributed by atoms with Crippen molar-refractivity contribution in [3.63, 3.8) is 0 Å². The van der Waals surface area contributed by atoms with Gasteiger partial charge in [-0.1, -0.05) is 6.07 Å². The number of rotatable bonds is 5. The van der Waals surface area contributed by atoms with Gasteiger partial charge in [0.05, 0.1) is 17.5 Å². The van der Waals surface area contributed by atoms with E-state index in [1.807, 2.05) is 24.6 Å². The number of fused-ring (bicyclic) bond motifs is 2. The van der Waals surface area contributed by atoms with E-state index in [1.165, 1.54) is 11.1 Å². The van der Waals surface area contributed by atoms with Gasteiger partial charge in [-0.2, -0.15) is 5.10 Å². The van der Waals surface area contributed by atoms with Crippen molar-refractivity contribution in [1.29, 1.82) is 0 Å². The van der Waals surface area contributed by atoms with Crippen LogP contribution in [0.1, 0.15) is 53.0 Å². The predicted octanol–water partition coefficient (Wildman–Crippen LogP) is 2.32. The van der Waals surface area contributed by atoms with Gasteiger partial charge in [0.2, 0.25) is 0 Å². The molecule has 7 heteroatoms. The third-order valence-electron chi connectivity index (χ3n) is 6.05. The molecule has 0 saturated carbocycles. The summed E-state index contributed by atoms with van der Waals surface area (Å²) < 4.78 is 7.81. The minimum Gasteiger partial charge on any atom is -0.480 e. The molecule has 2 aromatic rings. The van der Waals surface area contributed by atoms with Crippen molar-refractivity contribution in [2.45, 2.75) is 65.6 Å². The summed E-state index contributed by atoms with van der Waals surface area (Å²) in [5.41, 5.74) is 5.08. The van der Waals surface area contributed by atoms with Crippen LogP contribution >= 0.6 is 0 Å². The van der Waals surface area contributed by atoms with Gasteiger partial charge in [0, 0.05) is 25.6 Å². The molecule has 7 nitrogen and oxygen atoms in total. The number of amides is 2. The maximum Gasteiger partial charge on any atom is 0.261 e. The minimum atomic E-state index is -0.470. The molecule has 2 amide bonds. The Morgan fingerprint density at radius 3 is 2.77 bits per heavy atom. The third kappa shape index (κ3) is 4.06. The average Bonchev–Trinajstić information content (AvgIpc) is 3.29. The lowest BCUT2D eigenvalue weighted by Crippen LogP contribution is -2.41. The van der Waals surface area contributed by atoms with Crippen molar-refractivity contribution in [3.05, 3.63) is 46.3 Å². The van der Waals surface area contributed by atoms with E-state index >= 15 is 0 Å². The maximum atomic E-state index is 12.7. The Kier molecular flexibility index (Phi) is 5.54. The van der Waals surface area contributed by atoms with E-state index in [0.29, 0.717) is 18.5 Å². The molecule has 4 rings (SSSR count). The molecule has 2 N–H and O–H groups in total. The van der Waals surface area contributed by atoms with Crippen LogP contribution in [0.5, 0.6) is 5.75 Å². The fourth-order valence-corrected chi connectivity index (χ4v) is 4.22. The monoisotopic (exact) mass is 410 g/mol. The number of benzene rings is 1. The van der Waals surface area contributed by atoms with Crippen molar-refractivity contribution < 1.29 is 14.3 Å². The molecule has 0 aliphatic carbocycles. The van der Waals surface area contributed by atoms with Crippen LogP contribution in [-0.2, 0) is 24.2 Å². The molecular formula is C23H30N4O3. The van der Waals surface area contributed by atoms with E-state index in [4.69, 9.17) is 4.74 Å². The van der Waals surface area contributed by atoms with Crippen LogP contribution < -0.4 is 15.4 Å². The summed E-state index contributed by atoms with van der Waals surface area (Å²) in [6.45, 7) is 9.34. The zero-order chi connectivity index (χ0) is 21.4. The maximum absolute atomic E-state index is 12.7. The number of hydrogen-bond donors (Lipinski definition) is 2. The van der Waals surface area contributed by atoms with Gasteiger partial charge in [0.25, 0.3) is 11.8 Å². The van der Waals surface area contributed by atoms with Crippen molar-refractivity contribution in [2.24, 2.45) is 5.92 Å². The van der Waals surface area contributed by atoms with Gasteiger partial charge in [-0.25, -0.2) is 0 Å². The molecule has 30 heavy (non-hydrogen) atoms. The summed E-state index contributed by atoms with van der Waals surface area (Å²) in [4.78, 5) is 25.1. The Morgan fingerprint density at radius 1 is 1.23 bits per heavy atom. The predicted molar refractivity (Wildman–Crippen MR) is 114 cm³/mol. The summed E-state index contributed by atoms with van der Waals surface area (Å²) in [6.07, 6.45) is 3.44. The second-order valence-electron chi connectivity index (χ2n) is 8.82. The summed E-state index contributed by atoms with van der Waals surface area (Å²) in [7, 11) is 0. The number of aromatic nitrogens is 2. The largest absolute Gasteiger partial charge is 0.480 e. The molecular weight excluding hydrogens is 380 g/mol. The van der Waals surface area contributed by atoms with Gasteiger partial charge in [-0.15, -0.1) is 0 Å². The van der Waals surface area contributed by atoms with E-state index in [9.17, 15) is 9.59 Å². The fourth-order valence-electron chi connectivity index (χ4n) is 4.22. The van der Waals surface area contributed by atoms with E-state index in [-0.39, 0.29) is 23.8 Å². The normalized spacial score (nSPS) is 19.8. The number of hydrogen-bond acceptors (Lipinski definition) is 4. The van der Waals surface area contributed by atoms with Crippen LogP contribution in [0.15, 0.2) is 18.3 Å². The van der Waals surface area contributed by atoms with Gasteiger partial charge in [-0.05, 0) is 69.2 Å². The number of aryl methyl sites for hydroxylation is 3. The highest BCUT2D eigenvalue weighted by Crippen LogP contribution is 2.31. The first-order valence-corrected chi connectivity index (χ1v) is 10.7. The lowest BCUT2D eigenvalue weighted by molar-refractivity contribution is -0.127. The van der Waals surface area contributed by atoms with Crippen LogP contribution in [0.4, 0.5) is 0 Å². The average molecular weight is 411 g/mol. The molecule has 0 spiro atoms. The van der Waals surface area contributed by atoms with Crippen LogP contribution in [0.25, 0.3) is 0 Å². The third-order valence-corrected chi connectivity index (χ3v) is 6.05. The standard InChI is InChI=1S/C23H30N4O3/c1-13(2)26-22(28)18-12-25-27-6-5-16(9-19(18)27)11-24-23(29)21-10-17-7-14(3)15(4)8-20(17)30-21/h7-8,12-13,16,21H,5-6,9-11H2,1-4H3,(H,24,29)(H,26,28)/t16-,21-/m0/s1. The Bertz CT molecular complexity index is 948. The van der Waals surface area contributed by atoms with Gasteiger partial charge in [0.15, 0.2) is 6.10 Å². The SMILES string of the molecule is Cc1cc2c(cc1C)O[C@H](C(=O)NC[C@H]1CCn3ncc(C(=O)NC(C)C)c3C1)C2. The van der Waals surface area contributed by atoms with Gasteiger partial charge >= 0.3 is 0 Å². The Morgan fingerprint density at radius 2 is 2.00 bits per heavy atom. The van der Waals surface area contributed by atoms with Crippen molar-refractivity contribution in [1.82, 2.24) is 20.4 Å². The minimum absolute atomic E-state index is 0.0710. The quantitative estimate of drug-likeness (QED) is 0.792. The van der Waals surface area contributed by atoms with Gasteiger partial charge in [-0.3, -0.25) is 14.3 Å². The molecule has 1 aromatic carbocycles. The molecule has 0 bridgehead atoms. The highest BCUT2D eigenvalue weighted by molar-refractivity contribution is 5.95. The van der Waals surface area contributed by atoms with Crippen molar-refractivity contribution in [2.75, 3.05) is 6.54 Å². The van der Waals surface area contributed by atoms with E-state index in [0.717, 1.165) is 36.4 Å². The molecule has 0 unspecified atom stereocenters. The summed E-state index contributed by atoms with van der Waals surface area (Å²) in [6, 6.07) is 4.21. The molecule has 160 valence electrons. The second-order valence-corrected chi connectivity index (χ2v) is 8.82. The fraction of sp³-hybridized carbons (Fsp3) is 0.522. The molecule has 2 atom stereocenters. The zero-order valence-corrected chi connectivity index (χ0v) is 18.1. The Labute approximate surface area is 177 Å². The van der Waals surface area contributed by atoms with Crippen LogP contribution in [0.3, 0.4) is 0 Å². The van der Waals surface area contributed by atoms with Crippen LogP contribution in [0.2, 0.25) is 0 Å². The van der Waals surface area contributed by atoms with E-state index < -0.39 is 6.10 Å². The number of carbonyl (C=O) groups is 2. The number of carbonyl (C=O) groups excluding carboxylic acids is 2. The number of ether oxygens (including phenoxy) is 1. The number of nitrogens with zero attached hydrogens (tertiary/aromatic N) is 2. The highest BCUT2D eigenvalue weighted by atomic mass is 16.5. The Balaban J connectivity index is 1.34. The molecule has 0 fully saturated rings. The first kappa shape index (κ1) is 20.4. The van der Waals surface area contributed by atoms with E-state index in [1.54, 1.807) is 6.20 Å². The first-order chi connectivity index (χ1) is 14.3. The molecule has 0 saturated heterocycles. The lowest BCUT2D eigenvalue weighted by atomic mass is 9.94. The molecule has 1 aromatic heterocycles. The second kappa shape index (κ2) is 8.13. The summed E-state index contributed by atoms with van der Waals surface area (Å²) in [5, 5.41) is 10.4. The highest BCUT2D eigenvalue weighted by Gasteiger charge is 2.31. The molecule has 3 heterocycles. The van der Waals surface area contributed by atoms with Crippen molar-refractivity contribution >= 4 is 11.8 Å².